The van der Waals surface area contributed by atoms with Crippen LogP contribution in [0.3, 0.4) is 0 Å². The number of amides is 1. The number of alkyl halides is 3. The van der Waals surface area contributed by atoms with Gasteiger partial charge in [0.15, 0.2) is 4.96 Å². The van der Waals surface area contributed by atoms with E-state index in [0.717, 1.165) is 34.0 Å². The standard InChI is InChI=1S/C24H20F3N5O3S/c25-24(26,27)18-3-1-2-17(14-18)22(33)30-10-8-29(9-11-30)15-20-21(28-23-31(20)12-13-36-23)16-4-6-19(7-5-16)32(34)35/h1-7,12-14H,8-11,15H2. The van der Waals surface area contributed by atoms with Crippen LogP contribution in [0.2, 0.25) is 0 Å². The minimum atomic E-state index is -4.51. The predicted octanol–water partition coefficient (Wildman–Crippen LogP) is 4.95. The first kappa shape index (κ1) is 23.9. The molecule has 12 heteroatoms. The lowest BCUT2D eigenvalue weighted by Gasteiger charge is -2.34. The normalized spacial score (nSPS) is 14.9. The molecule has 1 amide bonds. The van der Waals surface area contributed by atoms with E-state index in [-0.39, 0.29) is 11.3 Å². The zero-order valence-corrected chi connectivity index (χ0v) is 19.6. The van der Waals surface area contributed by atoms with Crippen molar-refractivity contribution in [1.29, 1.82) is 0 Å². The fourth-order valence-electron chi connectivity index (χ4n) is 4.29. The highest BCUT2D eigenvalue weighted by atomic mass is 32.1. The minimum absolute atomic E-state index is 0.00267. The third-order valence-corrected chi connectivity index (χ3v) is 6.94. The van der Waals surface area contributed by atoms with Gasteiger partial charge in [0, 0.05) is 67.6 Å². The van der Waals surface area contributed by atoms with Gasteiger partial charge in [0.2, 0.25) is 0 Å². The number of piperazine rings is 1. The van der Waals surface area contributed by atoms with Crippen molar-refractivity contribution in [3.8, 4) is 11.3 Å². The molecule has 1 saturated heterocycles. The van der Waals surface area contributed by atoms with E-state index in [4.69, 9.17) is 4.98 Å². The third kappa shape index (κ3) is 4.69. The van der Waals surface area contributed by atoms with Crippen LogP contribution in [0.15, 0.2) is 60.1 Å². The maximum absolute atomic E-state index is 13.0. The number of non-ortho nitro benzene ring substituents is 1. The van der Waals surface area contributed by atoms with Gasteiger partial charge in [0.25, 0.3) is 11.6 Å². The number of thiazole rings is 1. The number of aromatic nitrogens is 2. The Morgan fingerprint density at radius 2 is 1.81 bits per heavy atom. The number of rotatable bonds is 5. The fraction of sp³-hybridized carbons (Fsp3) is 0.250. The van der Waals surface area contributed by atoms with E-state index in [0.29, 0.717) is 32.7 Å². The predicted molar refractivity (Wildman–Crippen MR) is 128 cm³/mol. The summed E-state index contributed by atoms with van der Waals surface area (Å²) in [5.74, 6) is -0.420. The molecule has 2 aromatic carbocycles. The average Bonchev–Trinajstić information content (AvgIpc) is 3.46. The monoisotopic (exact) mass is 515 g/mol. The zero-order valence-electron chi connectivity index (χ0n) is 18.8. The smallest absolute Gasteiger partial charge is 0.336 e. The van der Waals surface area contributed by atoms with Gasteiger partial charge in [-0.15, -0.1) is 11.3 Å². The van der Waals surface area contributed by atoms with Crippen molar-refractivity contribution in [2.24, 2.45) is 0 Å². The highest BCUT2D eigenvalue weighted by Crippen LogP contribution is 2.31. The van der Waals surface area contributed by atoms with Gasteiger partial charge in [-0.1, -0.05) is 6.07 Å². The number of nitrogens with zero attached hydrogens (tertiary/aromatic N) is 5. The molecule has 0 unspecified atom stereocenters. The number of carbonyl (C=O) groups excluding carboxylic acids is 1. The number of nitro groups is 1. The van der Waals surface area contributed by atoms with Crippen LogP contribution in [0, 0.1) is 10.1 Å². The number of hydrogen-bond donors (Lipinski definition) is 0. The summed E-state index contributed by atoms with van der Waals surface area (Å²) in [5, 5.41) is 12.9. The zero-order chi connectivity index (χ0) is 25.4. The quantitative estimate of drug-likeness (QED) is 0.278. The molecule has 0 N–H and O–H groups in total. The Hall–Kier alpha value is -3.77. The van der Waals surface area contributed by atoms with E-state index < -0.39 is 22.6 Å². The molecule has 0 aliphatic carbocycles. The van der Waals surface area contributed by atoms with Crippen molar-refractivity contribution >= 4 is 27.9 Å². The third-order valence-electron chi connectivity index (χ3n) is 6.18. The molecular formula is C24H20F3N5O3S. The molecule has 0 spiro atoms. The van der Waals surface area contributed by atoms with Crippen LogP contribution < -0.4 is 0 Å². The molecule has 1 aliphatic rings. The molecule has 0 bridgehead atoms. The first-order valence-corrected chi connectivity index (χ1v) is 12.0. The molecule has 3 heterocycles. The molecule has 1 aliphatic heterocycles. The van der Waals surface area contributed by atoms with E-state index in [1.165, 1.54) is 35.6 Å². The Bertz CT molecular complexity index is 1420. The molecule has 2 aromatic heterocycles. The summed E-state index contributed by atoms with van der Waals surface area (Å²) < 4.78 is 41.1. The second kappa shape index (κ2) is 9.36. The van der Waals surface area contributed by atoms with Crippen molar-refractivity contribution in [1.82, 2.24) is 19.2 Å². The van der Waals surface area contributed by atoms with Gasteiger partial charge in [-0.2, -0.15) is 13.2 Å². The Kier molecular flexibility index (Phi) is 6.22. The van der Waals surface area contributed by atoms with Crippen molar-refractivity contribution in [2.75, 3.05) is 26.2 Å². The Labute approximate surface area is 207 Å². The molecule has 0 saturated carbocycles. The average molecular weight is 516 g/mol. The van der Waals surface area contributed by atoms with Gasteiger partial charge in [0.1, 0.15) is 0 Å². The maximum atomic E-state index is 13.0. The Balaban J connectivity index is 1.31. The van der Waals surface area contributed by atoms with Crippen LogP contribution in [-0.4, -0.2) is 56.2 Å². The van der Waals surface area contributed by atoms with Crippen LogP contribution >= 0.6 is 11.3 Å². The first-order chi connectivity index (χ1) is 17.2. The molecule has 1 fully saturated rings. The van der Waals surface area contributed by atoms with Gasteiger partial charge in [-0.25, -0.2) is 4.98 Å². The molecule has 186 valence electrons. The first-order valence-electron chi connectivity index (χ1n) is 11.1. The molecule has 5 rings (SSSR count). The summed E-state index contributed by atoms with van der Waals surface area (Å²) in [5.41, 5.74) is 1.62. The Morgan fingerprint density at radius 1 is 1.08 bits per heavy atom. The number of fused-ring (bicyclic) bond motifs is 1. The van der Waals surface area contributed by atoms with Gasteiger partial charge in [-0.05, 0) is 30.3 Å². The summed E-state index contributed by atoms with van der Waals surface area (Å²) in [7, 11) is 0. The van der Waals surface area contributed by atoms with E-state index >= 15 is 0 Å². The Morgan fingerprint density at radius 3 is 2.47 bits per heavy atom. The van der Waals surface area contributed by atoms with Crippen molar-refractivity contribution in [3.05, 3.63) is 87.0 Å². The number of hydrogen-bond acceptors (Lipinski definition) is 6. The molecule has 0 atom stereocenters. The van der Waals surface area contributed by atoms with Gasteiger partial charge in [-0.3, -0.25) is 24.2 Å². The van der Waals surface area contributed by atoms with Crippen LogP contribution in [-0.2, 0) is 12.7 Å². The van der Waals surface area contributed by atoms with Crippen LogP contribution in [0.5, 0.6) is 0 Å². The van der Waals surface area contributed by atoms with E-state index in [2.05, 4.69) is 4.90 Å². The van der Waals surface area contributed by atoms with Crippen LogP contribution in [0.25, 0.3) is 16.2 Å². The number of carbonyl (C=O) groups is 1. The lowest BCUT2D eigenvalue weighted by atomic mass is 10.1. The number of imidazole rings is 1. The summed E-state index contributed by atoms with van der Waals surface area (Å²) in [6, 6.07) is 10.8. The second-order valence-corrected chi connectivity index (χ2v) is 9.29. The highest BCUT2D eigenvalue weighted by molar-refractivity contribution is 7.15. The molecule has 8 nitrogen and oxygen atoms in total. The summed E-state index contributed by atoms with van der Waals surface area (Å²) >= 11 is 1.48. The van der Waals surface area contributed by atoms with Crippen LogP contribution in [0.1, 0.15) is 21.6 Å². The highest BCUT2D eigenvalue weighted by Gasteiger charge is 2.32. The van der Waals surface area contributed by atoms with Gasteiger partial charge < -0.3 is 4.90 Å². The van der Waals surface area contributed by atoms with E-state index in [1.54, 1.807) is 17.0 Å². The SMILES string of the molecule is O=C(c1cccc(C(F)(F)F)c1)N1CCN(Cc2c(-c3ccc([N+](=O)[O-])cc3)nc3sccn23)CC1. The minimum Gasteiger partial charge on any atom is -0.336 e. The second-order valence-electron chi connectivity index (χ2n) is 8.41. The topological polar surface area (TPSA) is 84.0 Å². The maximum Gasteiger partial charge on any atom is 0.416 e. The van der Waals surface area contributed by atoms with Gasteiger partial charge in [0.05, 0.1) is 21.9 Å². The molecule has 4 aromatic rings. The number of benzene rings is 2. The van der Waals surface area contributed by atoms with Crippen molar-refractivity contribution in [2.45, 2.75) is 12.7 Å². The van der Waals surface area contributed by atoms with E-state index in [1.807, 2.05) is 16.0 Å². The fourth-order valence-corrected chi connectivity index (χ4v) is 5.02. The summed E-state index contributed by atoms with van der Waals surface area (Å²) in [6.07, 6.45) is -2.58. The molecular weight excluding hydrogens is 495 g/mol. The summed E-state index contributed by atoms with van der Waals surface area (Å²) in [4.78, 5) is 32.6. The lowest BCUT2D eigenvalue weighted by molar-refractivity contribution is -0.384. The largest absolute Gasteiger partial charge is 0.416 e. The molecule has 36 heavy (non-hydrogen) atoms. The molecule has 0 radical (unpaired) electrons. The van der Waals surface area contributed by atoms with Crippen molar-refractivity contribution < 1.29 is 22.9 Å². The number of halogens is 3. The summed E-state index contributed by atoms with van der Waals surface area (Å²) in [6.45, 7) is 2.39. The number of nitro benzene ring substituents is 1. The van der Waals surface area contributed by atoms with Crippen LogP contribution in [0.4, 0.5) is 18.9 Å². The van der Waals surface area contributed by atoms with Gasteiger partial charge >= 0.3 is 6.18 Å². The van der Waals surface area contributed by atoms with Crippen molar-refractivity contribution in [3.63, 3.8) is 0 Å². The lowest BCUT2D eigenvalue weighted by Crippen LogP contribution is -2.48. The van der Waals surface area contributed by atoms with E-state index in [9.17, 15) is 28.1 Å².